The largest absolute Gasteiger partial charge is 0.573 e. The second-order valence-corrected chi connectivity index (χ2v) is 6.57. The molecule has 8 heteroatoms. The highest BCUT2D eigenvalue weighted by molar-refractivity contribution is 5.95. The van der Waals surface area contributed by atoms with E-state index >= 15 is 0 Å². The van der Waals surface area contributed by atoms with E-state index < -0.39 is 12.3 Å². The molecule has 0 saturated heterocycles. The molecular formula is C21H23F3N2O3. The van der Waals surface area contributed by atoms with Gasteiger partial charge in [0.2, 0.25) is 11.8 Å². The van der Waals surface area contributed by atoms with E-state index in [1.54, 1.807) is 7.05 Å². The van der Waals surface area contributed by atoms with E-state index in [2.05, 4.69) is 10.1 Å². The molecule has 156 valence electrons. The fourth-order valence-electron chi connectivity index (χ4n) is 2.91. The van der Waals surface area contributed by atoms with E-state index in [4.69, 9.17) is 0 Å². The average Bonchev–Trinajstić information content (AvgIpc) is 2.66. The number of ether oxygens (including phenoxy) is 1. The van der Waals surface area contributed by atoms with Gasteiger partial charge in [-0.3, -0.25) is 9.59 Å². The van der Waals surface area contributed by atoms with Gasteiger partial charge in [0.15, 0.2) is 0 Å². The van der Waals surface area contributed by atoms with Gasteiger partial charge in [0, 0.05) is 12.7 Å². The summed E-state index contributed by atoms with van der Waals surface area (Å²) in [5.41, 5.74) is 1.20. The van der Waals surface area contributed by atoms with Crippen LogP contribution in [0.3, 0.4) is 0 Å². The Morgan fingerprint density at radius 2 is 1.69 bits per heavy atom. The number of alkyl halides is 3. The first-order valence-corrected chi connectivity index (χ1v) is 9.15. The van der Waals surface area contributed by atoms with E-state index in [0.717, 1.165) is 24.1 Å². The third kappa shape index (κ3) is 7.14. The predicted molar refractivity (Wildman–Crippen MR) is 103 cm³/mol. The summed E-state index contributed by atoms with van der Waals surface area (Å²) in [5.74, 6) is -1.33. The molecule has 0 radical (unpaired) electrons. The fourth-order valence-corrected chi connectivity index (χ4v) is 2.91. The van der Waals surface area contributed by atoms with Gasteiger partial charge in [-0.15, -0.1) is 13.2 Å². The molecule has 0 unspecified atom stereocenters. The van der Waals surface area contributed by atoms with Crippen LogP contribution in [0.15, 0.2) is 54.6 Å². The van der Waals surface area contributed by atoms with Gasteiger partial charge in [-0.25, -0.2) is 0 Å². The van der Waals surface area contributed by atoms with E-state index in [0.29, 0.717) is 12.1 Å². The summed E-state index contributed by atoms with van der Waals surface area (Å²) in [7, 11) is 1.55. The summed E-state index contributed by atoms with van der Waals surface area (Å²) in [6.45, 7) is 1.81. The molecule has 29 heavy (non-hydrogen) atoms. The number of likely N-dealkylation sites (N-methyl/N-ethyl adjacent to an activating group) is 1. The van der Waals surface area contributed by atoms with E-state index in [9.17, 15) is 22.8 Å². The van der Waals surface area contributed by atoms with E-state index in [1.807, 2.05) is 37.3 Å². The molecule has 0 fully saturated rings. The minimum absolute atomic E-state index is 0.165. The highest BCUT2D eigenvalue weighted by atomic mass is 19.4. The monoisotopic (exact) mass is 408 g/mol. The number of benzene rings is 2. The number of carbonyl (C=O) groups excluding carboxylic acids is 2. The van der Waals surface area contributed by atoms with Crippen LogP contribution in [-0.4, -0.2) is 36.7 Å². The quantitative estimate of drug-likeness (QED) is 0.696. The smallest absolute Gasteiger partial charge is 0.406 e. The number of amides is 2. The number of hydrogen-bond donors (Lipinski definition) is 1. The van der Waals surface area contributed by atoms with Crippen LogP contribution in [0.5, 0.6) is 5.75 Å². The second-order valence-electron chi connectivity index (χ2n) is 6.57. The molecule has 0 aliphatic carbocycles. The van der Waals surface area contributed by atoms with E-state index in [-0.39, 0.29) is 24.1 Å². The second kappa shape index (κ2) is 9.95. The van der Waals surface area contributed by atoms with Crippen LogP contribution < -0.4 is 10.1 Å². The maximum atomic E-state index is 12.8. The highest BCUT2D eigenvalue weighted by Crippen LogP contribution is 2.25. The van der Waals surface area contributed by atoms with Gasteiger partial charge in [0.1, 0.15) is 5.75 Å². The molecule has 2 rings (SSSR count). The average molecular weight is 408 g/mol. The minimum Gasteiger partial charge on any atom is -0.406 e. The number of nitrogens with zero attached hydrogens (tertiary/aromatic N) is 1. The molecule has 0 aliphatic rings. The molecule has 0 spiro atoms. The van der Waals surface area contributed by atoms with Crippen LogP contribution in [0.25, 0.3) is 0 Å². The zero-order chi connectivity index (χ0) is 21.4. The number of rotatable bonds is 8. The van der Waals surface area contributed by atoms with Crippen LogP contribution in [0, 0.1) is 0 Å². The molecular weight excluding hydrogens is 385 g/mol. The number of carbonyl (C=O) groups is 2. The lowest BCUT2D eigenvalue weighted by molar-refractivity contribution is -0.274. The summed E-state index contributed by atoms with van der Waals surface area (Å²) < 4.78 is 40.3. The summed E-state index contributed by atoms with van der Waals surface area (Å²) in [4.78, 5) is 26.4. The highest BCUT2D eigenvalue weighted by Gasteiger charge is 2.31. The summed E-state index contributed by atoms with van der Waals surface area (Å²) in [6, 6.07) is 14.2. The van der Waals surface area contributed by atoms with Crippen molar-refractivity contribution in [3.8, 4) is 5.75 Å². The molecule has 0 saturated carbocycles. The molecule has 0 aromatic heterocycles. The molecule has 2 aromatic carbocycles. The van der Waals surface area contributed by atoms with Crippen molar-refractivity contribution in [2.24, 2.45) is 0 Å². The lowest BCUT2D eigenvalue weighted by Gasteiger charge is -2.23. The summed E-state index contributed by atoms with van der Waals surface area (Å²) >= 11 is 0. The Bertz CT molecular complexity index is 808. The number of hydrogen-bond acceptors (Lipinski definition) is 3. The lowest BCUT2D eigenvalue weighted by Crippen LogP contribution is -2.37. The maximum Gasteiger partial charge on any atom is 0.573 e. The Labute approximate surface area is 167 Å². The summed E-state index contributed by atoms with van der Waals surface area (Å²) in [6.07, 6.45) is -3.30. The molecule has 2 aromatic rings. The van der Waals surface area contributed by atoms with Gasteiger partial charge in [0.05, 0.1) is 12.5 Å². The van der Waals surface area contributed by atoms with Crippen molar-refractivity contribution in [1.82, 2.24) is 4.90 Å². The fraction of sp³-hybridized carbons (Fsp3) is 0.333. The Morgan fingerprint density at radius 1 is 1.07 bits per heavy atom. The van der Waals surface area contributed by atoms with Gasteiger partial charge in [0.25, 0.3) is 0 Å². The van der Waals surface area contributed by atoms with Crippen LogP contribution in [0.1, 0.15) is 31.2 Å². The zero-order valence-corrected chi connectivity index (χ0v) is 16.2. The molecule has 0 heterocycles. The Balaban J connectivity index is 1.96. The van der Waals surface area contributed by atoms with Crippen LogP contribution >= 0.6 is 0 Å². The first-order valence-electron chi connectivity index (χ1n) is 9.15. The maximum absolute atomic E-state index is 12.8. The van der Waals surface area contributed by atoms with Crippen molar-refractivity contribution in [1.29, 1.82) is 0 Å². The van der Waals surface area contributed by atoms with E-state index in [1.165, 1.54) is 17.0 Å². The number of anilines is 1. The Kier molecular flexibility index (Phi) is 7.64. The van der Waals surface area contributed by atoms with Crippen molar-refractivity contribution in [2.45, 2.75) is 32.0 Å². The van der Waals surface area contributed by atoms with Crippen LogP contribution in [0.4, 0.5) is 18.9 Å². The topological polar surface area (TPSA) is 58.6 Å². The lowest BCUT2D eigenvalue weighted by atomic mass is 9.93. The Morgan fingerprint density at radius 3 is 2.24 bits per heavy atom. The van der Waals surface area contributed by atoms with Gasteiger partial charge in [-0.2, -0.15) is 0 Å². The molecule has 1 atom stereocenters. The minimum atomic E-state index is -4.78. The Hall–Kier alpha value is -3.03. The van der Waals surface area contributed by atoms with Crippen molar-refractivity contribution in [3.05, 3.63) is 60.2 Å². The molecule has 0 aliphatic heterocycles. The predicted octanol–water partition coefficient (Wildman–Crippen LogP) is 4.57. The van der Waals surface area contributed by atoms with Crippen LogP contribution in [-0.2, 0) is 9.59 Å². The normalized spacial score (nSPS) is 12.2. The standard InChI is InChI=1S/C21H23F3N2O3/c1-3-7-18(15-8-5-4-6-9-15)20(28)26(2)14-19(27)25-16-10-12-17(13-11-16)29-21(22,23)24/h4-6,8-13,18H,3,7,14H2,1-2H3,(H,25,27)/t18-/m0/s1. The van der Waals surface area contributed by atoms with Gasteiger partial charge in [-0.1, -0.05) is 43.7 Å². The molecule has 5 nitrogen and oxygen atoms in total. The van der Waals surface area contributed by atoms with Crippen molar-refractivity contribution >= 4 is 17.5 Å². The number of halogens is 3. The van der Waals surface area contributed by atoms with Gasteiger partial charge < -0.3 is 15.0 Å². The van der Waals surface area contributed by atoms with Crippen molar-refractivity contribution < 1.29 is 27.5 Å². The molecule has 1 N–H and O–H groups in total. The van der Waals surface area contributed by atoms with Crippen molar-refractivity contribution in [3.63, 3.8) is 0 Å². The molecule has 2 amide bonds. The third-order valence-electron chi connectivity index (χ3n) is 4.21. The van der Waals surface area contributed by atoms with Gasteiger partial charge in [-0.05, 0) is 36.2 Å². The number of nitrogens with one attached hydrogen (secondary N) is 1. The van der Waals surface area contributed by atoms with Gasteiger partial charge >= 0.3 is 6.36 Å². The first kappa shape index (κ1) is 22.3. The third-order valence-corrected chi connectivity index (χ3v) is 4.21. The molecule has 0 bridgehead atoms. The first-order chi connectivity index (χ1) is 13.7. The summed E-state index contributed by atoms with van der Waals surface area (Å²) in [5, 5.41) is 2.56. The van der Waals surface area contributed by atoms with Crippen LogP contribution in [0.2, 0.25) is 0 Å². The zero-order valence-electron chi connectivity index (χ0n) is 16.2. The SMILES string of the molecule is CCC[C@H](C(=O)N(C)CC(=O)Nc1ccc(OC(F)(F)F)cc1)c1ccccc1. The van der Waals surface area contributed by atoms with Crippen molar-refractivity contribution in [2.75, 3.05) is 18.9 Å².